The van der Waals surface area contributed by atoms with Crippen molar-refractivity contribution in [2.75, 3.05) is 18.6 Å². The van der Waals surface area contributed by atoms with Crippen molar-refractivity contribution in [1.29, 1.82) is 0 Å². The summed E-state index contributed by atoms with van der Waals surface area (Å²) in [7, 11) is -3.49. The Bertz CT molecular complexity index is 2410. The summed E-state index contributed by atoms with van der Waals surface area (Å²) in [6.45, 7) is 0.0850. The van der Waals surface area contributed by atoms with Gasteiger partial charge in [0.25, 0.3) is 21.9 Å². The SMILES string of the molecule is COC1=C(C(=O)O)N2C(=O)[C@@H](NC(=O)C(N)C3=CCC=CC3)[C@H]2SC1.NC(=O)c1cc[n+](CC2=C(C(=O)[O-])N3C(=O)[C@@H](NC(=O)C(c4ccccc4)S(=O)(=O)O)[C@H]3SC2)cc1. The second-order valence-electron chi connectivity index (χ2n) is 13.9. The monoisotopic (exact) mass is 897 g/mol. The molecule has 6 atom stereocenters. The number of rotatable bonds is 13. The third-order valence-corrected chi connectivity index (χ3v) is 13.8. The van der Waals surface area contributed by atoms with Gasteiger partial charge in [-0.3, -0.25) is 38.3 Å². The maximum atomic E-state index is 12.9. The van der Waals surface area contributed by atoms with E-state index < -0.39 is 85.7 Å². The van der Waals surface area contributed by atoms with Crippen molar-refractivity contribution in [3.8, 4) is 0 Å². The van der Waals surface area contributed by atoms with E-state index in [9.17, 15) is 56.7 Å². The smallest absolute Gasteiger partial charge is 0.356 e. The summed E-state index contributed by atoms with van der Waals surface area (Å²) in [5, 5.41) is 23.1. The summed E-state index contributed by atoms with van der Waals surface area (Å²) in [6.07, 6.45) is 10.3. The van der Waals surface area contributed by atoms with Gasteiger partial charge in [-0.15, -0.1) is 23.5 Å². The minimum atomic E-state index is -4.86. The molecule has 7 rings (SSSR count). The number of aliphatic carboxylic acids is 2. The van der Waals surface area contributed by atoms with Crippen LogP contribution in [0.25, 0.3) is 0 Å². The normalized spacial score (nSPS) is 22.8. The van der Waals surface area contributed by atoms with Crippen LogP contribution in [0.3, 0.4) is 0 Å². The van der Waals surface area contributed by atoms with Crippen molar-refractivity contribution >= 4 is 75.1 Å². The standard InChI is InChI=1S/C22H20N4O8S2.C16H19N3O5S/c23-18(27)13-6-8-25(9-7-13)10-14-11-35-21-15(20(29)26(21)16(14)22(30)31)24-19(28)17(36(32,33)34)12-4-2-1-3-5-12;1-24-9-7-25-15-11(14(21)19(15)12(9)16(22)23)18-13(20)10(17)8-5-3-2-4-6-8/h1-9,15,17,21H,10-11H2,(H4-,23,24,27,28,30,31,32,33,34);2-3,6,10-11,15H,4-5,7,17H2,1H3,(H,18,20)(H,22,23)/t15-,17?,21-;10?,11-,15-/m11/s1. The van der Waals surface area contributed by atoms with Crippen LogP contribution in [0, 0.1) is 0 Å². The number of pyridine rings is 1. The van der Waals surface area contributed by atoms with Crippen molar-refractivity contribution in [1.82, 2.24) is 20.4 Å². The van der Waals surface area contributed by atoms with Gasteiger partial charge in [0.15, 0.2) is 29.9 Å². The number of fused-ring (bicyclic) bond motifs is 2. The van der Waals surface area contributed by atoms with Gasteiger partial charge in [-0.1, -0.05) is 48.6 Å². The quantitative estimate of drug-likeness (QED) is 0.0550. The van der Waals surface area contributed by atoms with Crippen molar-refractivity contribution < 1.29 is 66.0 Å². The van der Waals surface area contributed by atoms with E-state index in [0.717, 1.165) is 21.8 Å². The zero-order valence-electron chi connectivity index (χ0n) is 32.0. The van der Waals surface area contributed by atoms with E-state index in [1.165, 1.54) is 79.4 Å². The summed E-state index contributed by atoms with van der Waals surface area (Å²) in [4.78, 5) is 87.2. The summed E-state index contributed by atoms with van der Waals surface area (Å²) in [5.74, 6) is -5.46. The van der Waals surface area contributed by atoms with Crippen LogP contribution in [0.15, 0.2) is 101 Å². The molecule has 0 bridgehead atoms. The summed E-state index contributed by atoms with van der Waals surface area (Å²) < 4.78 is 40.1. The third-order valence-electron chi connectivity index (χ3n) is 10.1. The van der Waals surface area contributed by atoms with Crippen molar-refractivity contribution in [2.24, 2.45) is 11.5 Å². The van der Waals surface area contributed by atoms with Gasteiger partial charge >= 0.3 is 5.97 Å². The number of nitrogens with two attached hydrogens (primary N) is 2. The van der Waals surface area contributed by atoms with Crippen LogP contribution in [-0.2, 0) is 50.2 Å². The maximum absolute atomic E-state index is 12.9. The van der Waals surface area contributed by atoms with Gasteiger partial charge < -0.3 is 41.8 Å². The molecule has 322 valence electrons. The first kappa shape index (κ1) is 44.5. The molecule has 2 aromatic rings. The van der Waals surface area contributed by atoms with Gasteiger partial charge in [-0.05, 0) is 24.0 Å². The van der Waals surface area contributed by atoms with Crippen molar-refractivity contribution in [2.45, 2.75) is 53.5 Å². The average molecular weight is 898 g/mol. The van der Waals surface area contributed by atoms with E-state index in [1.54, 1.807) is 10.6 Å². The van der Waals surface area contributed by atoms with E-state index in [0.29, 0.717) is 17.7 Å². The minimum Gasteiger partial charge on any atom is -0.543 e. The molecular weight excluding hydrogens is 859 g/mol. The van der Waals surface area contributed by atoms with Gasteiger partial charge in [0.05, 0.1) is 30.1 Å². The van der Waals surface area contributed by atoms with Gasteiger partial charge in [0.2, 0.25) is 17.7 Å². The van der Waals surface area contributed by atoms with Crippen LogP contribution in [0.5, 0.6) is 0 Å². The molecule has 0 spiro atoms. The number of benzene rings is 1. The maximum Gasteiger partial charge on any atom is 0.356 e. The lowest BCUT2D eigenvalue weighted by atomic mass is 9.97. The summed E-state index contributed by atoms with van der Waals surface area (Å²) >= 11 is 2.53. The Kier molecular flexibility index (Phi) is 13.4. The Morgan fingerprint density at radius 1 is 0.934 bits per heavy atom. The Hall–Kier alpha value is -6.01. The molecule has 5 aliphatic rings. The zero-order chi connectivity index (χ0) is 44.3. The fourth-order valence-electron chi connectivity index (χ4n) is 7.09. The number of aromatic nitrogens is 1. The molecule has 2 unspecified atom stereocenters. The van der Waals surface area contributed by atoms with Crippen LogP contribution in [0.4, 0.5) is 0 Å². The number of ether oxygens (including phenoxy) is 1. The van der Waals surface area contributed by atoms with E-state index >= 15 is 0 Å². The molecule has 1 aromatic carbocycles. The molecule has 0 saturated carbocycles. The van der Waals surface area contributed by atoms with Crippen LogP contribution in [0.1, 0.15) is 34.0 Å². The zero-order valence-corrected chi connectivity index (χ0v) is 34.5. The Morgan fingerprint density at radius 3 is 2.05 bits per heavy atom. The third kappa shape index (κ3) is 9.19. The molecule has 2 saturated heterocycles. The summed E-state index contributed by atoms with van der Waals surface area (Å²) in [5.41, 5.74) is 12.2. The number of hydrogen-bond donors (Lipinski definition) is 6. The number of nitrogens with zero attached hydrogens (tertiary/aromatic N) is 3. The minimum absolute atomic E-state index is 0.00871. The van der Waals surface area contributed by atoms with Crippen LogP contribution >= 0.6 is 23.5 Å². The molecule has 61 heavy (non-hydrogen) atoms. The van der Waals surface area contributed by atoms with Crippen LogP contribution in [-0.4, -0.2) is 117 Å². The van der Waals surface area contributed by atoms with Gasteiger partial charge in [-0.2, -0.15) is 8.42 Å². The van der Waals surface area contributed by atoms with E-state index in [1.807, 2.05) is 18.2 Å². The number of hydrogen-bond acceptors (Lipinski definition) is 14. The number of carboxylic acid groups (broad SMARTS) is 2. The van der Waals surface area contributed by atoms with Gasteiger partial charge in [-0.25, -0.2) is 9.36 Å². The number of allylic oxidation sites excluding steroid dienone is 3. The highest BCUT2D eigenvalue weighted by Crippen LogP contribution is 2.42. The highest BCUT2D eigenvalue weighted by atomic mass is 32.2. The fourth-order valence-corrected chi connectivity index (χ4v) is 10.6. The number of amides is 5. The topological polar surface area (TPSA) is 313 Å². The highest BCUT2D eigenvalue weighted by Gasteiger charge is 2.56. The van der Waals surface area contributed by atoms with Crippen LogP contribution in [0.2, 0.25) is 0 Å². The lowest BCUT2D eigenvalue weighted by Crippen LogP contribution is -2.71. The Balaban J connectivity index is 0.000000218. The number of carboxylic acids is 2. The van der Waals surface area contributed by atoms with Crippen molar-refractivity contribution in [3.63, 3.8) is 0 Å². The molecule has 8 N–H and O–H groups in total. The molecule has 23 heteroatoms. The molecule has 5 heterocycles. The number of carbonyl (C=O) groups excluding carboxylic acids is 6. The Morgan fingerprint density at radius 2 is 1.52 bits per heavy atom. The number of primary amides is 1. The predicted octanol–water partition coefficient (Wildman–Crippen LogP) is -1.96. The largest absolute Gasteiger partial charge is 0.543 e. The number of nitrogens with one attached hydrogen (secondary N) is 2. The second kappa shape index (κ2) is 18.3. The molecule has 2 fully saturated rings. The molecule has 0 radical (unpaired) electrons. The predicted molar refractivity (Wildman–Crippen MR) is 214 cm³/mol. The Labute approximate surface area is 356 Å². The highest BCUT2D eigenvalue weighted by molar-refractivity contribution is 8.00. The summed E-state index contributed by atoms with van der Waals surface area (Å²) in [6, 6.07) is 7.42. The van der Waals surface area contributed by atoms with E-state index in [2.05, 4.69) is 10.6 Å². The van der Waals surface area contributed by atoms with E-state index in [4.69, 9.17) is 16.2 Å². The number of methoxy groups -OCH3 is 1. The number of β-lactam (4-membered cyclic amide) rings is 2. The first-order valence-corrected chi connectivity index (χ1v) is 21.9. The number of thioether (sulfide) groups is 2. The number of carbonyl (C=O) groups is 7. The van der Waals surface area contributed by atoms with Crippen LogP contribution < -0.4 is 31.8 Å². The lowest BCUT2D eigenvalue weighted by molar-refractivity contribution is -0.689. The van der Waals surface area contributed by atoms with Crippen molar-refractivity contribution in [3.05, 3.63) is 113 Å². The van der Waals surface area contributed by atoms with Gasteiger partial charge in [0.1, 0.15) is 34.6 Å². The molecule has 4 aliphatic heterocycles. The van der Waals surface area contributed by atoms with E-state index in [-0.39, 0.29) is 40.6 Å². The molecule has 1 aromatic heterocycles. The average Bonchev–Trinajstić information content (AvgIpc) is 3.24. The molecule has 20 nitrogen and oxygen atoms in total. The molecule has 5 amide bonds. The second-order valence-corrected chi connectivity index (χ2v) is 17.6. The first-order valence-electron chi connectivity index (χ1n) is 18.3. The first-order chi connectivity index (χ1) is 28.9. The fraction of sp³-hybridized carbons (Fsp3) is 0.316. The molecular formula is C38H39N7O13S3. The van der Waals surface area contributed by atoms with Gasteiger partial charge in [0, 0.05) is 23.5 Å². The lowest BCUT2D eigenvalue weighted by Gasteiger charge is -2.50. The molecule has 1 aliphatic carbocycles.